The molecule has 0 aliphatic carbocycles. The fourth-order valence-electron chi connectivity index (χ4n) is 0.753. The summed E-state index contributed by atoms with van der Waals surface area (Å²) >= 11 is 0. The fraction of sp³-hybridized carbons (Fsp3) is 0.250. The Labute approximate surface area is 76.9 Å². The van der Waals surface area contributed by atoms with Gasteiger partial charge in [-0.15, -0.1) is 12.4 Å². The molecule has 0 saturated carbocycles. The lowest BCUT2D eigenvalue weighted by Crippen LogP contribution is -2.28. The molecule has 1 atom stereocenters. The number of pyridine rings is 1. The van der Waals surface area contributed by atoms with Gasteiger partial charge in [-0.1, -0.05) is 13.0 Å². The van der Waals surface area contributed by atoms with E-state index in [2.05, 4.69) is 4.98 Å². The van der Waals surface area contributed by atoms with Crippen LogP contribution in [0.25, 0.3) is 0 Å². The molecule has 66 valence electrons. The summed E-state index contributed by atoms with van der Waals surface area (Å²) in [5.74, 6) is -1.72. The minimum Gasteiger partial charge on any atom is -0.549 e. The van der Waals surface area contributed by atoms with Crippen LogP contribution in [0, 0.1) is 0 Å². The molecule has 3 nitrogen and oxygen atoms in total. The molecular formula is C8H9ClNO2-. The average Bonchev–Trinajstić information content (AvgIpc) is 2.05. The van der Waals surface area contributed by atoms with Crippen molar-refractivity contribution in [2.24, 2.45) is 0 Å². The van der Waals surface area contributed by atoms with Gasteiger partial charge in [0, 0.05) is 17.8 Å². The van der Waals surface area contributed by atoms with Gasteiger partial charge < -0.3 is 9.90 Å². The number of hydrogen-bond donors (Lipinski definition) is 0. The second kappa shape index (κ2) is 4.72. The Morgan fingerprint density at radius 3 is 2.67 bits per heavy atom. The van der Waals surface area contributed by atoms with Crippen LogP contribution in [0.3, 0.4) is 0 Å². The van der Waals surface area contributed by atoms with Gasteiger partial charge in [-0.3, -0.25) is 4.98 Å². The maximum absolute atomic E-state index is 10.3. The van der Waals surface area contributed by atoms with Crippen LogP contribution in [0.1, 0.15) is 18.5 Å². The average molecular weight is 187 g/mol. The van der Waals surface area contributed by atoms with Gasteiger partial charge in [0.15, 0.2) is 0 Å². The first-order chi connectivity index (χ1) is 5.22. The summed E-state index contributed by atoms with van der Waals surface area (Å²) in [5, 5.41) is 10.3. The van der Waals surface area contributed by atoms with E-state index in [1.807, 2.05) is 0 Å². The second-order valence-corrected chi connectivity index (χ2v) is 2.30. The molecule has 4 heteroatoms. The van der Waals surface area contributed by atoms with E-state index in [1.54, 1.807) is 31.3 Å². The number of hydrogen-bond acceptors (Lipinski definition) is 3. The van der Waals surface area contributed by atoms with Crippen molar-refractivity contribution in [1.29, 1.82) is 0 Å². The number of carbonyl (C=O) groups is 1. The third-order valence-corrected chi connectivity index (χ3v) is 1.48. The zero-order valence-electron chi connectivity index (χ0n) is 6.56. The van der Waals surface area contributed by atoms with Crippen molar-refractivity contribution >= 4 is 18.4 Å². The Bertz CT molecular complexity index is 250. The highest BCUT2D eigenvalue weighted by Crippen LogP contribution is 2.09. The first-order valence-electron chi connectivity index (χ1n) is 3.33. The van der Waals surface area contributed by atoms with E-state index in [0.717, 1.165) is 0 Å². The van der Waals surface area contributed by atoms with Crippen molar-refractivity contribution in [3.63, 3.8) is 0 Å². The predicted octanol–water partition coefficient (Wildman–Crippen LogP) is 0.357. The number of rotatable bonds is 2. The van der Waals surface area contributed by atoms with Crippen molar-refractivity contribution in [2.75, 3.05) is 0 Å². The van der Waals surface area contributed by atoms with Crippen molar-refractivity contribution in [2.45, 2.75) is 12.8 Å². The topological polar surface area (TPSA) is 53.0 Å². The van der Waals surface area contributed by atoms with Crippen molar-refractivity contribution < 1.29 is 9.90 Å². The molecule has 1 heterocycles. The highest BCUT2D eigenvalue weighted by Gasteiger charge is 2.05. The molecule has 0 saturated heterocycles. The maximum atomic E-state index is 10.3. The van der Waals surface area contributed by atoms with Crippen LogP contribution < -0.4 is 5.11 Å². The van der Waals surface area contributed by atoms with Crippen LogP contribution in [0.2, 0.25) is 0 Å². The van der Waals surface area contributed by atoms with Crippen molar-refractivity contribution in [3.05, 3.63) is 30.1 Å². The Hall–Kier alpha value is -1.09. The summed E-state index contributed by atoms with van der Waals surface area (Å²) in [6, 6.07) is 5.16. The molecule has 1 aromatic heterocycles. The van der Waals surface area contributed by atoms with E-state index in [9.17, 15) is 9.90 Å². The molecule has 0 radical (unpaired) electrons. The second-order valence-electron chi connectivity index (χ2n) is 2.30. The number of carbonyl (C=O) groups excluding carboxylic acids is 1. The standard InChI is InChI=1S/C8H9NO2.ClH/c1-6(8(10)11)7-4-2-3-5-9-7;/h2-6H,1H3,(H,10,11);1H/p-1. The Morgan fingerprint density at radius 2 is 2.25 bits per heavy atom. The van der Waals surface area contributed by atoms with Gasteiger partial charge in [-0.05, 0) is 12.1 Å². The monoisotopic (exact) mass is 186 g/mol. The van der Waals surface area contributed by atoms with Crippen molar-refractivity contribution in [1.82, 2.24) is 4.98 Å². The highest BCUT2D eigenvalue weighted by atomic mass is 35.5. The molecular weight excluding hydrogens is 178 g/mol. The van der Waals surface area contributed by atoms with Gasteiger partial charge in [0.1, 0.15) is 0 Å². The van der Waals surface area contributed by atoms with Crippen molar-refractivity contribution in [3.8, 4) is 0 Å². The Kier molecular flexibility index (Phi) is 4.29. The molecule has 0 amide bonds. The van der Waals surface area contributed by atoms with Crippen LogP contribution >= 0.6 is 12.4 Å². The summed E-state index contributed by atoms with van der Waals surface area (Å²) in [6.07, 6.45) is 1.56. The maximum Gasteiger partial charge on any atom is 0.0502 e. The lowest BCUT2D eigenvalue weighted by atomic mass is 10.1. The quantitative estimate of drug-likeness (QED) is 0.670. The van der Waals surface area contributed by atoms with Gasteiger partial charge >= 0.3 is 0 Å². The van der Waals surface area contributed by atoms with Gasteiger partial charge in [0.05, 0.1) is 5.97 Å². The number of halogens is 1. The molecule has 0 fully saturated rings. The number of nitrogens with zero attached hydrogens (tertiary/aromatic N) is 1. The molecule has 0 aromatic carbocycles. The van der Waals surface area contributed by atoms with Crippen LogP contribution in [-0.2, 0) is 4.79 Å². The minimum atomic E-state index is -1.09. The van der Waals surface area contributed by atoms with E-state index >= 15 is 0 Å². The molecule has 1 aromatic rings. The number of carboxylic acid groups (broad SMARTS) is 1. The van der Waals surface area contributed by atoms with E-state index in [1.165, 1.54) is 0 Å². The molecule has 0 bridgehead atoms. The normalized spacial score (nSPS) is 11.4. The van der Waals surface area contributed by atoms with E-state index in [4.69, 9.17) is 0 Å². The predicted molar refractivity (Wildman–Crippen MR) is 44.9 cm³/mol. The molecule has 0 spiro atoms. The number of carboxylic acids is 1. The van der Waals surface area contributed by atoms with E-state index in [0.29, 0.717) is 5.69 Å². The molecule has 0 aliphatic heterocycles. The minimum absolute atomic E-state index is 0. The van der Waals surface area contributed by atoms with Gasteiger partial charge in [-0.2, -0.15) is 0 Å². The SMILES string of the molecule is CC(C(=O)[O-])c1ccccn1.Cl. The summed E-state index contributed by atoms with van der Waals surface area (Å²) in [6.45, 7) is 1.55. The van der Waals surface area contributed by atoms with E-state index < -0.39 is 11.9 Å². The molecule has 0 aliphatic rings. The third-order valence-electron chi connectivity index (χ3n) is 1.48. The first-order valence-corrected chi connectivity index (χ1v) is 3.33. The lowest BCUT2D eigenvalue weighted by molar-refractivity contribution is -0.307. The highest BCUT2D eigenvalue weighted by molar-refractivity contribution is 5.85. The van der Waals surface area contributed by atoms with E-state index in [-0.39, 0.29) is 12.4 Å². The van der Waals surface area contributed by atoms with Gasteiger partial charge in [-0.25, -0.2) is 0 Å². The van der Waals surface area contributed by atoms with Crippen LogP contribution in [-0.4, -0.2) is 11.0 Å². The van der Waals surface area contributed by atoms with Crippen LogP contribution in [0.4, 0.5) is 0 Å². The first kappa shape index (κ1) is 10.9. The molecule has 0 N–H and O–H groups in total. The Morgan fingerprint density at radius 1 is 1.58 bits per heavy atom. The fourth-order valence-corrected chi connectivity index (χ4v) is 0.753. The number of aliphatic carboxylic acids is 1. The largest absolute Gasteiger partial charge is 0.549 e. The Balaban J connectivity index is 0.00000121. The summed E-state index contributed by atoms with van der Waals surface area (Å²) in [7, 11) is 0. The van der Waals surface area contributed by atoms with Crippen LogP contribution in [0.15, 0.2) is 24.4 Å². The zero-order chi connectivity index (χ0) is 8.27. The lowest BCUT2D eigenvalue weighted by Gasteiger charge is -2.10. The zero-order valence-corrected chi connectivity index (χ0v) is 7.38. The summed E-state index contributed by atoms with van der Waals surface area (Å²) < 4.78 is 0. The number of aromatic nitrogens is 1. The molecule has 1 rings (SSSR count). The summed E-state index contributed by atoms with van der Waals surface area (Å²) in [5.41, 5.74) is 0.535. The van der Waals surface area contributed by atoms with Crippen LogP contribution in [0.5, 0.6) is 0 Å². The van der Waals surface area contributed by atoms with Gasteiger partial charge in [0.2, 0.25) is 0 Å². The van der Waals surface area contributed by atoms with Gasteiger partial charge in [0.25, 0.3) is 0 Å². The third kappa shape index (κ3) is 2.51. The summed E-state index contributed by atoms with van der Waals surface area (Å²) in [4.78, 5) is 14.2. The molecule has 12 heavy (non-hydrogen) atoms. The molecule has 1 unspecified atom stereocenters. The smallest absolute Gasteiger partial charge is 0.0502 e.